The smallest absolute Gasteiger partial charge is 0.139 e. The first-order chi connectivity index (χ1) is 6.98. The molecule has 0 aromatic rings. The largest absolute Gasteiger partial charge is 0.299 e. The van der Waals surface area contributed by atoms with E-state index in [-0.39, 0.29) is 17.3 Å². The third-order valence-corrected chi connectivity index (χ3v) is 3.94. The second-order valence-electron chi connectivity index (χ2n) is 5.32. The van der Waals surface area contributed by atoms with E-state index in [0.29, 0.717) is 5.78 Å². The van der Waals surface area contributed by atoms with Gasteiger partial charge in [-0.3, -0.25) is 4.79 Å². The Morgan fingerprint density at radius 2 is 1.93 bits per heavy atom. The van der Waals surface area contributed by atoms with Crippen LogP contribution in [-0.2, 0) is 4.79 Å². The maximum atomic E-state index is 11.9. The second-order valence-corrected chi connectivity index (χ2v) is 5.32. The van der Waals surface area contributed by atoms with Crippen LogP contribution in [-0.4, -0.2) is 5.78 Å². The van der Waals surface area contributed by atoms with Crippen molar-refractivity contribution in [1.82, 2.24) is 0 Å². The number of allylic oxidation sites excluding steroid dienone is 2. The van der Waals surface area contributed by atoms with Crippen molar-refractivity contribution in [3.05, 3.63) is 11.1 Å². The van der Waals surface area contributed by atoms with Gasteiger partial charge in [0.15, 0.2) is 0 Å². The number of rotatable bonds is 0. The van der Waals surface area contributed by atoms with Gasteiger partial charge in [0.25, 0.3) is 0 Å². The molecular weight excluding hydrogens is 186 g/mol. The summed E-state index contributed by atoms with van der Waals surface area (Å²) in [5.74, 6) is 0.612. The summed E-state index contributed by atoms with van der Waals surface area (Å²) in [6.07, 6.45) is 2.57. The van der Waals surface area contributed by atoms with Crippen molar-refractivity contribution in [2.45, 2.75) is 40.0 Å². The van der Waals surface area contributed by atoms with E-state index in [1.54, 1.807) is 0 Å². The van der Waals surface area contributed by atoms with E-state index in [1.807, 2.05) is 20.8 Å². The predicted octanol–water partition coefficient (Wildman–Crippen LogP) is 2.85. The van der Waals surface area contributed by atoms with Crippen LogP contribution in [0.1, 0.15) is 40.0 Å². The van der Waals surface area contributed by atoms with Crippen molar-refractivity contribution in [3.63, 3.8) is 0 Å². The average molecular weight is 203 g/mol. The lowest BCUT2D eigenvalue weighted by molar-refractivity contribution is -0.125. The summed E-state index contributed by atoms with van der Waals surface area (Å²) in [6.45, 7) is 6.00. The van der Waals surface area contributed by atoms with E-state index in [9.17, 15) is 4.79 Å². The number of hydrogen-bond donors (Lipinski definition) is 0. The minimum atomic E-state index is -0.270. The highest BCUT2D eigenvalue weighted by Crippen LogP contribution is 2.52. The quantitative estimate of drug-likeness (QED) is 0.568. The maximum Gasteiger partial charge on any atom is 0.139 e. The van der Waals surface area contributed by atoms with Crippen molar-refractivity contribution >= 4 is 5.78 Å². The fourth-order valence-electron chi connectivity index (χ4n) is 2.96. The zero-order valence-electron chi connectivity index (χ0n) is 9.63. The molecule has 2 aliphatic carbocycles. The number of carbonyl (C=O) groups excluding carboxylic acids is 1. The van der Waals surface area contributed by atoms with E-state index in [1.165, 1.54) is 11.1 Å². The molecule has 0 heterocycles. The minimum absolute atomic E-state index is 0.0977. The van der Waals surface area contributed by atoms with Crippen LogP contribution in [0, 0.1) is 28.6 Å². The molecule has 2 aliphatic rings. The van der Waals surface area contributed by atoms with Crippen LogP contribution in [0.2, 0.25) is 0 Å². The molecule has 0 N–H and O–H groups in total. The number of nitrogens with zero attached hydrogens (tertiary/aromatic N) is 1. The Morgan fingerprint density at radius 3 is 2.53 bits per heavy atom. The molecule has 0 aliphatic heterocycles. The molecule has 3 unspecified atom stereocenters. The van der Waals surface area contributed by atoms with Gasteiger partial charge >= 0.3 is 0 Å². The summed E-state index contributed by atoms with van der Waals surface area (Å²) in [4.78, 5) is 11.9. The minimum Gasteiger partial charge on any atom is -0.299 e. The molecule has 0 radical (unpaired) electrons. The number of nitriles is 1. The lowest BCUT2D eigenvalue weighted by atomic mass is 9.63. The van der Waals surface area contributed by atoms with Crippen LogP contribution < -0.4 is 0 Å². The molecule has 0 aromatic carbocycles. The Balaban J connectivity index is 2.31. The highest BCUT2D eigenvalue weighted by molar-refractivity contribution is 5.84. The van der Waals surface area contributed by atoms with Gasteiger partial charge in [-0.15, -0.1) is 0 Å². The van der Waals surface area contributed by atoms with Crippen LogP contribution in [0.5, 0.6) is 0 Å². The molecule has 0 fully saturated rings. The Labute approximate surface area is 91.0 Å². The van der Waals surface area contributed by atoms with Crippen molar-refractivity contribution in [3.8, 4) is 6.07 Å². The van der Waals surface area contributed by atoms with Crippen LogP contribution in [0.4, 0.5) is 0 Å². The van der Waals surface area contributed by atoms with E-state index in [2.05, 4.69) is 6.07 Å². The third-order valence-electron chi connectivity index (χ3n) is 3.94. The molecule has 0 aromatic heterocycles. The van der Waals surface area contributed by atoms with Crippen LogP contribution in [0.15, 0.2) is 11.1 Å². The molecular formula is C13H17NO. The van der Waals surface area contributed by atoms with Crippen molar-refractivity contribution < 1.29 is 4.79 Å². The van der Waals surface area contributed by atoms with Gasteiger partial charge in [0.05, 0.1) is 11.5 Å². The normalized spacial score (nSPS) is 40.3. The van der Waals surface area contributed by atoms with E-state index >= 15 is 0 Å². The first-order valence-corrected chi connectivity index (χ1v) is 5.64. The highest BCUT2D eigenvalue weighted by atomic mass is 16.1. The van der Waals surface area contributed by atoms with Crippen molar-refractivity contribution in [2.75, 3.05) is 0 Å². The standard InChI is InChI=1S/C13H17NO/c1-8-4-10-6-13(3,7-14)11(10)5-9(2)12(8)15/h8-9H,4-6H2,1-3H3. The van der Waals surface area contributed by atoms with Gasteiger partial charge in [-0.1, -0.05) is 25.0 Å². The first kappa shape index (κ1) is 10.4. The molecule has 2 heteroatoms. The van der Waals surface area contributed by atoms with Crippen LogP contribution in [0.3, 0.4) is 0 Å². The molecule has 0 bridgehead atoms. The Morgan fingerprint density at radius 1 is 1.33 bits per heavy atom. The van der Waals surface area contributed by atoms with Crippen molar-refractivity contribution in [2.24, 2.45) is 17.3 Å². The maximum absolute atomic E-state index is 11.9. The zero-order chi connectivity index (χ0) is 11.2. The predicted molar refractivity (Wildman–Crippen MR) is 57.9 cm³/mol. The van der Waals surface area contributed by atoms with Gasteiger partial charge in [-0.2, -0.15) is 5.26 Å². The van der Waals surface area contributed by atoms with Gasteiger partial charge in [-0.05, 0) is 26.2 Å². The second kappa shape index (κ2) is 3.20. The number of ketones is 1. The Hall–Kier alpha value is -1.10. The van der Waals surface area contributed by atoms with Gasteiger partial charge in [0.1, 0.15) is 5.78 Å². The summed E-state index contributed by atoms with van der Waals surface area (Å²) in [7, 11) is 0. The fourth-order valence-corrected chi connectivity index (χ4v) is 2.96. The first-order valence-electron chi connectivity index (χ1n) is 5.64. The van der Waals surface area contributed by atoms with Gasteiger partial charge in [-0.25, -0.2) is 0 Å². The van der Waals surface area contributed by atoms with Crippen molar-refractivity contribution in [1.29, 1.82) is 5.26 Å². The lowest BCUT2D eigenvalue weighted by Gasteiger charge is -2.38. The molecule has 2 nitrogen and oxygen atoms in total. The molecule has 80 valence electrons. The van der Waals surface area contributed by atoms with E-state index < -0.39 is 0 Å². The summed E-state index contributed by atoms with van der Waals surface area (Å²) in [5, 5.41) is 9.13. The topological polar surface area (TPSA) is 40.9 Å². The zero-order valence-corrected chi connectivity index (χ0v) is 9.63. The monoisotopic (exact) mass is 203 g/mol. The molecule has 0 spiro atoms. The molecule has 15 heavy (non-hydrogen) atoms. The van der Waals surface area contributed by atoms with E-state index in [4.69, 9.17) is 5.26 Å². The Kier molecular flexibility index (Phi) is 2.22. The average Bonchev–Trinajstić information content (AvgIpc) is 2.29. The lowest BCUT2D eigenvalue weighted by Crippen LogP contribution is -2.29. The molecule has 2 rings (SSSR count). The summed E-state index contributed by atoms with van der Waals surface area (Å²) < 4.78 is 0. The van der Waals surface area contributed by atoms with Gasteiger partial charge < -0.3 is 0 Å². The fraction of sp³-hybridized carbons (Fsp3) is 0.692. The van der Waals surface area contributed by atoms with Crippen LogP contribution in [0.25, 0.3) is 0 Å². The number of carbonyl (C=O) groups is 1. The third kappa shape index (κ3) is 1.42. The molecule has 0 saturated carbocycles. The molecule has 0 saturated heterocycles. The molecule has 3 atom stereocenters. The number of Topliss-reactive ketones (excluding diaryl/α,β-unsaturated/α-hetero) is 1. The van der Waals surface area contributed by atoms with E-state index in [0.717, 1.165) is 19.3 Å². The summed E-state index contributed by atoms with van der Waals surface area (Å²) >= 11 is 0. The van der Waals surface area contributed by atoms with Gasteiger partial charge in [0.2, 0.25) is 0 Å². The highest BCUT2D eigenvalue weighted by Gasteiger charge is 2.44. The SMILES string of the molecule is CC1CC2=C(CC(C)C1=O)C(C)(C#N)C2. The van der Waals surface area contributed by atoms with Crippen LogP contribution >= 0.6 is 0 Å². The summed E-state index contributed by atoms with van der Waals surface area (Å²) in [6, 6.07) is 2.39. The molecule has 0 amide bonds. The Bertz CT molecular complexity index is 388. The number of hydrogen-bond acceptors (Lipinski definition) is 2. The summed E-state index contributed by atoms with van der Waals surface area (Å²) in [5.41, 5.74) is 2.37. The van der Waals surface area contributed by atoms with Gasteiger partial charge in [0, 0.05) is 11.8 Å².